The van der Waals surface area contributed by atoms with Crippen LogP contribution in [0.5, 0.6) is 40.2 Å². The van der Waals surface area contributed by atoms with Crippen molar-refractivity contribution in [3.63, 3.8) is 0 Å². The van der Waals surface area contributed by atoms with E-state index in [0.717, 1.165) is 30.3 Å². The van der Waals surface area contributed by atoms with Crippen molar-refractivity contribution < 1.29 is 69.4 Å². The molecule has 3 aromatic carbocycles. The molecule has 9 N–H and O–H groups in total. The summed E-state index contributed by atoms with van der Waals surface area (Å²) in [5.41, 5.74) is -1.10. The van der Waals surface area contributed by atoms with Crippen LogP contribution < -0.4 is 10.2 Å². The van der Waals surface area contributed by atoms with E-state index in [9.17, 15) is 55.5 Å². The van der Waals surface area contributed by atoms with E-state index in [4.69, 9.17) is 18.6 Å². The fourth-order valence-corrected chi connectivity index (χ4v) is 4.52. The smallest absolute Gasteiger partial charge is 0.330 e. The molecule has 0 unspecified atom stereocenters. The molecule has 0 aliphatic carbocycles. The molecule has 0 saturated carbocycles. The molecule has 15 heteroatoms. The van der Waals surface area contributed by atoms with Gasteiger partial charge in [0.05, 0.1) is 0 Å². The number of phenols is 5. The van der Waals surface area contributed by atoms with Crippen molar-refractivity contribution in [1.82, 2.24) is 0 Å². The van der Waals surface area contributed by atoms with Gasteiger partial charge in [-0.05, 0) is 35.9 Å². The molecule has 5 rings (SSSR count). The Morgan fingerprint density at radius 3 is 2.24 bits per heavy atom. The largest absolute Gasteiger partial charge is 0.508 e. The first-order chi connectivity index (χ1) is 21.3. The van der Waals surface area contributed by atoms with Gasteiger partial charge in [0.25, 0.3) is 0 Å². The second-order valence-electron chi connectivity index (χ2n) is 9.98. The lowest BCUT2D eigenvalue weighted by Gasteiger charge is -2.39. The van der Waals surface area contributed by atoms with Gasteiger partial charge in [0.1, 0.15) is 59.2 Å². The van der Waals surface area contributed by atoms with E-state index < -0.39 is 94.4 Å². The van der Waals surface area contributed by atoms with Crippen molar-refractivity contribution in [3.05, 3.63) is 70.4 Å². The highest BCUT2D eigenvalue weighted by Crippen LogP contribution is 2.43. The van der Waals surface area contributed by atoms with Crippen LogP contribution in [0.1, 0.15) is 5.56 Å². The Labute approximate surface area is 251 Å². The number of hydrogen-bond donors (Lipinski definition) is 9. The molecular weight excluding hydrogens is 600 g/mol. The number of aromatic hydroxyl groups is 6. The van der Waals surface area contributed by atoms with E-state index in [1.807, 2.05) is 0 Å². The lowest BCUT2D eigenvalue weighted by Crippen LogP contribution is -2.60. The summed E-state index contributed by atoms with van der Waals surface area (Å²) in [6.45, 7) is -0.614. The minimum absolute atomic E-state index is 0.0339. The number of phenolic OH excluding ortho intramolecular Hbond substituents is 5. The van der Waals surface area contributed by atoms with Crippen molar-refractivity contribution in [1.29, 1.82) is 0 Å². The van der Waals surface area contributed by atoms with Crippen LogP contribution in [0, 0.1) is 0 Å². The molecule has 1 aliphatic heterocycles. The predicted molar refractivity (Wildman–Crippen MR) is 152 cm³/mol. The number of ether oxygens (including phenoxy) is 3. The topological polar surface area (TPSA) is 257 Å². The van der Waals surface area contributed by atoms with Crippen molar-refractivity contribution >= 4 is 23.0 Å². The van der Waals surface area contributed by atoms with Gasteiger partial charge in [-0.2, -0.15) is 0 Å². The van der Waals surface area contributed by atoms with Gasteiger partial charge in [0.2, 0.25) is 23.2 Å². The third kappa shape index (κ3) is 6.27. The van der Waals surface area contributed by atoms with Gasteiger partial charge in [-0.25, -0.2) is 4.79 Å². The average molecular weight is 627 g/mol. The molecule has 0 radical (unpaired) electrons. The lowest BCUT2D eigenvalue weighted by atomic mass is 9.99. The summed E-state index contributed by atoms with van der Waals surface area (Å²) in [4.78, 5) is 24.9. The van der Waals surface area contributed by atoms with Crippen LogP contribution in [0.2, 0.25) is 0 Å². The zero-order chi connectivity index (χ0) is 32.6. The van der Waals surface area contributed by atoms with E-state index in [-0.39, 0.29) is 16.9 Å². The molecule has 0 bridgehead atoms. The van der Waals surface area contributed by atoms with E-state index in [2.05, 4.69) is 0 Å². The summed E-state index contributed by atoms with van der Waals surface area (Å²) in [5.74, 6) is -5.87. The standard InChI is InChI=1S/C30H26O15/c31-14-4-1-12(2-5-14)3-6-21(35)42-11-20-24(37)26(39)28(41)30(45-20)44-19-8-13(7-17(34)23(19)36)29-27(40)25(38)22-16(33)9-15(32)10-18(22)43-29/h1-10,20,24,26,28,30-34,36-37,39-41H,11H2/b6-3+/t20-,24+,26-,28+,30+/m0/s1. The molecule has 1 aliphatic rings. The number of rotatable bonds is 7. The molecule has 45 heavy (non-hydrogen) atoms. The zero-order valence-corrected chi connectivity index (χ0v) is 22.8. The Morgan fingerprint density at radius 1 is 0.822 bits per heavy atom. The van der Waals surface area contributed by atoms with Gasteiger partial charge < -0.3 is 64.6 Å². The zero-order valence-electron chi connectivity index (χ0n) is 22.8. The third-order valence-electron chi connectivity index (χ3n) is 6.86. The van der Waals surface area contributed by atoms with E-state index in [0.29, 0.717) is 5.56 Å². The van der Waals surface area contributed by atoms with Crippen molar-refractivity contribution in [2.45, 2.75) is 30.7 Å². The minimum Gasteiger partial charge on any atom is -0.508 e. The Kier molecular flexibility index (Phi) is 8.43. The Morgan fingerprint density at radius 2 is 1.53 bits per heavy atom. The fourth-order valence-electron chi connectivity index (χ4n) is 4.52. The number of aliphatic hydroxyl groups is 3. The summed E-state index contributed by atoms with van der Waals surface area (Å²) in [5, 5.41) is 91.3. The van der Waals surface area contributed by atoms with Crippen molar-refractivity contribution in [2.75, 3.05) is 6.61 Å². The molecule has 1 fully saturated rings. The highest BCUT2D eigenvalue weighted by Gasteiger charge is 2.46. The minimum atomic E-state index is -1.93. The number of esters is 1. The summed E-state index contributed by atoms with van der Waals surface area (Å²) in [7, 11) is 0. The monoisotopic (exact) mass is 626 g/mol. The molecular formula is C30H26O15. The molecule has 236 valence electrons. The van der Waals surface area contributed by atoms with Crippen LogP contribution in [0.4, 0.5) is 0 Å². The molecule has 1 saturated heterocycles. The molecule has 0 amide bonds. The van der Waals surface area contributed by atoms with E-state index in [1.165, 1.54) is 18.2 Å². The quantitative estimate of drug-likeness (QED) is 0.0791. The lowest BCUT2D eigenvalue weighted by molar-refractivity contribution is -0.278. The maximum atomic E-state index is 12.7. The number of benzene rings is 3. The maximum absolute atomic E-state index is 12.7. The summed E-state index contributed by atoms with van der Waals surface area (Å²) in [6, 6.07) is 9.62. The van der Waals surface area contributed by atoms with Gasteiger partial charge in [-0.1, -0.05) is 12.1 Å². The molecule has 2 heterocycles. The first kappa shape index (κ1) is 31.0. The average Bonchev–Trinajstić information content (AvgIpc) is 3.00. The Balaban J connectivity index is 1.37. The first-order valence-electron chi connectivity index (χ1n) is 13.1. The van der Waals surface area contributed by atoms with Gasteiger partial charge in [-0.15, -0.1) is 0 Å². The number of fused-ring (bicyclic) bond motifs is 1. The number of hydrogen-bond acceptors (Lipinski definition) is 15. The number of aliphatic hydroxyl groups excluding tert-OH is 3. The van der Waals surface area contributed by atoms with Crippen LogP contribution in [-0.2, 0) is 14.3 Å². The molecule has 4 aromatic rings. The summed E-state index contributed by atoms with van der Waals surface area (Å²) < 4.78 is 21.6. The predicted octanol–water partition coefficient (Wildman–Crippen LogP) is 1.14. The molecule has 0 spiro atoms. The molecule has 1 aromatic heterocycles. The van der Waals surface area contributed by atoms with E-state index in [1.54, 1.807) is 12.1 Å². The van der Waals surface area contributed by atoms with Gasteiger partial charge in [0.15, 0.2) is 17.3 Å². The summed E-state index contributed by atoms with van der Waals surface area (Å²) >= 11 is 0. The normalized spacial score (nSPS) is 21.6. The highest BCUT2D eigenvalue weighted by molar-refractivity contribution is 5.88. The van der Waals surface area contributed by atoms with Crippen molar-refractivity contribution in [2.24, 2.45) is 0 Å². The number of carbonyl (C=O) groups is 1. The SMILES string of the molecule is O=C(/C=C/c1ccc(O)cc1)OC[C@@H]1O[C@@H](Oc2cc(-c3oc4cc(O)cc(O)c4c(=O)c3O)cc(O)c2O)[C@H](O)[C@@H](O)[C@@H]1O. The van der Waals surface area contributed by atoms with Gasteiger partial charge >= 0.3 is 5.97 Å². The second kappa shape index (κ2) is 12.3. The first-order valence-corrected chi connectivity index (χ1v) is 13.1. The Bertz CT molecular complexity index is 1830. The van der Waals surface area contributed by atoms with E-state index >= 15 is 0 Å². The fraction of sp³-hybridized carbons (Fsp3) is 0.200. The van der Waals surface area contributed by atoms with Gasteiger partial charge in [0, 0.05) is 23.8 Å². The van der Waals surface area contributed by atoms with Crippen LogP contribution in [0.15, 0.2) is 63.8 Å². The molecule has 5 atom stereocenters. The third-order valence-corrected chi connectivity index (χ3v) is 6.86. The van der Waals surface area contributed by atoms with Crippen LogP contribution in [-0.4, -0.2) is 89.2 Å². The second-order valence-corrected chi connectivity index (χ2v) is 9.98. The number of carbonyl (C=O) groups excluding carboxylic acids is 1. The molecule has 15 nitrogen and oxygen atoms in total. The van der Waals surface area contributed by atoms with Crippen molar-refractivity contribution in [3.8, 4) is 51.6 Å². The summed E-state index contributed by atoms with van der Waals surface area (Å²) in [6.07, 6.45) is -6.37. The Hall–Kier alpha value is -5.48. The van der Waals surface area contributed by atoms with Gasteiger partial charge in [-0.3, -0.25) is 4.79 Å². The van der Waals surface area contributed by atoms with Crippen LogP contribution >= 0.6 is 0 Å². The van der Waals surface area contributed by atoms with Crippen LogP contribution in [0.25, 0.3) is 28.4 Å². The maximum Gasteiger partial charge on any atom is 0.330 e. The highest BCUT2D eigenvalue weighted by atomic mass is 16.7. The van der Waals surface area contributed by atoms with Crippen LogP contribution in [0.3, 0.4) is 0 Å².